The summed E-state index contributed by atoms with van der Waals surface area (Å²) in [6.07, 6.45) is 0.224. The summed E-state index contributed by atoms with van der Waals surface area (Å²) in [5, 5.41) is 11.8. The molecule has 94 valence electrons. The quantitative estimate of drug-likeness (QED) is 0.818. The van der Waals surface area contributed by atoms with Gasteiger partial charge in [0.05, 0.1) is 6.42 Å². The smallest absolute Gasteiger partial charge is 0.224 e. The van der Waals surface area contributed by atoms with Crippen molar-refractivity contribution in [1.29, 1.82) is 0 Å². The summed E-state index contributed by atoms with van der Waals surface area (Å²) in [5.41, 5.74) is 0.448. The zero-order valence-electron chi connectivity index (χ0n) is 10.2. The maximum absolute atomic E-state index is 12.6. The molecule has 1 amide bonds. The van der Waals surface area contributed by atoms with Crippen molar-refractivity contribution in [2.45, 2.75) is 20.3 Å². The van der Waals surface area contributed by atoms with E-state index in [1.54, 1.807) is 12.1 Å². The first kappa shape index (κ1) is 13.6. The van der Waals surface area contributed by atoms with E-state index in [0.29, 0.717) is 6.54 Å². The first-order valence-electron chi connectivity index (χ1n) is 5.55. The van der Waals surface area contributed by atoms with Crippen LogP contribution in [0.4, 0.5) is 4.39 Å². The minimum atomic E-state index is -0.321. The topological polar surface area (TPSA) is 49.3 Å². The molecule has 0 atom stereocenters. The van der Waals surface area contributed by atoms with E-state index in [0.717, 1.165) is 5.56 Å². The van der Waals surface area contributed by atoms with E-state index in [9.17, 15) is 9.18 Å². The third-order valence-corrected chi connectivity index (χ3v) is 2.47. The van der Waals surface area contributed by atoms with Crippen molar-refractivity contribution in [3.8, 4) is 0 Å². The fourth-order valence-corrected chi connectivity index (χ4v) is 1.24. The molecule has 1 aromatic carbocycles. The Morgan fingerprint density at radius 3 is 2.47 bits per heavy atom. The molecule has 0 spiro atoms. The molecule has 0 aliphatic rings. The van der Waals surface area contributed by atoms with Gasteiger partial charge in [0.1, 0.15) is 5.82 Å². The molecule has 0 heterocycles. The van der Waals surface area contributed by atoms with E-state index in [-0.39, 0.29) is 30.2 Å². The highest BCUT2D eigenvalue weighted by atomic mass is 19.1. The molecular formula is C13H18FNO2. The van der Waals surface area contributed by atoms with E-state index in [1.807, 2.05) is 13.8 Å². The summed E-state index contributed by atoms with van der Waals surface area (Å²) in [6, 6.07) is 5.85. The highest BCUT2D eigenvalue weighted by Gasteiger charge is 2.17. The molecular weight excluding hydrogens is 221 g/mol. The first-order valence-corrected chi connectivity index (χ1v) is 5.55. The third kappa shape index (κ3) is 4.95. The molecule has 0 saturated heterocycles. The van der Waals surface area contributed by atoms with E-state index >= 15 is 0 Å². The molecule has 1 aromatic rings. The Balaban J connectivity index is 2.42. The molecule has 0 unspecified atom stereocenters. The summed E-state index contributed by atoms with van der Waals surface area (Å²) in [5.74, 6) is -0.436. The summed E-state index contributed by atoms with van der Waals surface area (Å²) < 4.78 is 12.6. The van der Waals surface area contributed by atoms with Crippen molar-refractivity contribution in [3.63, 3.8) is 0 Å². The highest BCUT2D eigenvalue weighted by Crippen LogP contribution is 2.11. The zero-order valence-corrected chi connectivity index (χ0v) is 10.2. The fourth-order valence-electron chi connectivity index (χ4n) is 1.24. The van der Waals surface area contributed by atoms with Gasteiger partial charge in [0.25, 0.3) is 0 Å². The molecule has 0 aliphatic heterocycles. The standard InChI is InChI=1S/C13H18FNO2/c1-13(2,9-16)8-15-12(17)7-10-3-5-11(14)6-4-10/h3-6,16H,7-9H2,1-2H3,(H,15,17). The van der Waals surface area contributed by atoms with Crippen molar-refractivity contribution in [3.05, 3.63) is 35.6 Å². The van der Waals surface area contributed by atoms with Crippen LogP contribution in [0.1, 0.15) is 19.4 Å². The normalized spacial score (nSPS) is 11.3. The number of rotatable bonds is 5. The van der Waals surface area contributed by atoms with Gasteiger partial charge in [0.2, 0.25) is 5.91 Å². The molecule has 1 rings (SSSR count). The number of carbonyl (C=O) groups is 1. The van der Waals surface area contributed by atoms with Crippen LogP contribution < -0.4 is 5.32 Å². The van der Waals surface area contributed by atoms with Gasteiger partial charge in [0, 0.05) is 18.6 Å². The van der Waals surface area contributed by atoms with E-state index in [1.165, 1.54) is 12.1 Å². The van der Waals surface area contributed by atoms with Gasteiger partial charge in [-0.2, -0.15) is 0 Å². The van der Waals surface area contributed by atoms with Gasteiger partial charge in [-0.05, 0) is 17.7 Å². The van der Waals surface area contributed by atoms with Crippen LogP contribution in [0.2, 0.25) is 0 Å². The molecule has 0 aliphatic carbocycles. The number of amides is 1. The predicted octanol–water partition coefficient (Wildman–Crippen LogP) is 1.50. The van der Waals surface area contributed by atoms with Crippen LogP contribution >= 0.6 is 0 Å². The van der Waals surface area contributed by atoms with Crippen molar-refractivity contribution >= 4 is 5.91 Å². The predicted molar refractivity (Wildman–Crippen MR) is 64.0 cm³/mol. The van der Waals surface area contributed by atoms with Gasteiger partial charge in [0.15, 0.2) is 0 Å². The number of benzene rings is 1. The third-order valence-electron chi connectivity index (χ3n) is 2.47. The Labute approximate surface area is 101 Å². The molecule has 0 fully saturated rings. The molecule has 17 heavy (non-hydrogen) atoms. The molecule has 0 bridgehead atoms. The minimum Gasteiger partial charge on any atom is -0.396 e. The van der Waals surface area contributed by atoms with Crippen LogP contribution in [0.3, 0.4) is 0 Å². The van der Waals surface area contributed by atoms with Crippen molar-refractivity contribution < 1.29 is 14.3 Å². The summed E-state index contributed by atoms with van der Waals surface area (Å²) in [4.78, 5) is 11.6. The van der Waals surface area contributed by atoms with Gasteiger partial charge < -0.3 is 10.4 Å². The highest BCUT2D eigenvalue weighted by molar-refractivity contribution is 5.78. The maximum atomic E-state index is 12.6. The van der Waals surface area contributed by atoms with E-state index in [4.69, 9.17) is 5.11 Å². The second-order valence-corrected chi connectivity index (χ2v) is 4.90. The van der Waals surface area contributed by atoms with Crippen LogP contribution in [0, 0.1) is 11.2 Å². The summed E-state index contributed by atoms with van der Waals surface area (Å²) >= 11 is 0. The maximum Gasteiger partial charge on any atom is 0.224 e. The number of aliphatic hydroxyl groups excluding tert-OH is 1. The molecule has 0 saturated carbocycles. The summed E-state index contributed by atoms with van der Waals surface area (Å²) in [6.45, 7) is 4.17. The van der Waals surface area contributed by atoms with Crippen molar-refractivity contribution in [2.75, 3.05) is 13.2 Å². The molecule has 0 radical (unpaired) electrons. The Bertz CT molecular complexity index is 374. The van der Waals surface area contributed by atoms with Gasteiger partial charge in [-0.25, -0.2) is 4.39 Å². The van der Waals surface area contributed by atoms with Gasteiger partial charge >= 0.3 is 0 Å². The Morgan fingerprint density at radius 2 is 1.94 bits per heavy atom. The Hall–Kier alpha value is -1.42. The number of aliphatic hydroxyl groups is 1. The van der Waals surface area contributed by atoms with E-state index in [2.05, 4.69) is 5.32 Å². The average molecular weight is 239 g/mol. The molecule has 2 N–H and O–H groups in total. The second kappa shape index (κ2) is 5.77. The average Bonchev–Trinajstić information content (AvgIpc) is 2.30. The van der Waals surface area contributed by atoms with Gasteiger partial charge in [-0.15, -0.1) is 0 Å². The zero-order chi connectivity index (χ0) is 12.9. The minimum absolute atomic E-state index is 0.0177. The lowest BCUT2D eigenvalue weighted by atomic mass is 9.95. The van der Waals surface area contributed by atoms with Crippen molar-refractivity contribution in [2.24, 2.45) is 5.41 Å². The first-order chi connectivity index (χ1) is 7.93. The molecule has 0 aromatic heterocycles. The second-order valence-electron chi connectivity index (χ2n) is 4.90. The van der Waals surface area contributed by atoms with Crippen LogP contribution in [0.5, 0.6) is 0 Å². The lowest BCUT2D eigenvalue weighted by Gasteiger charge is -2.21. The lowest BCUT2D eigenvalue weighted by Crippen LogP contribution is -2.36. The number of carbonyl (C=O) groups excluding carboxylic acids is 1. The molecule has 4 heteroatoms. The Morgan fingerprint density at radius 1 is 1.35 bits per heavy atom. The van der Waals surface area contributed by atoms with Crippen LogP contribution in [0.25, 0.3) is 0 Å². The Kier molecular flexibility index (Phi) is 4.63. The van der Waals surface area contributed by atoms with Crippen molar-refractivity contribution in [1.82, 2.24) is 5.32 Å². The van der Waals surface area contributed by atoms with Crippen LogP contribution in [-0.4, -0.2) is 24.2 Å². The SMILES string of the molecule is CC(C)(CO)CNC(=O)Cc1ccc(F)cc1. The van der Waals surface area contributed by atoms with Crippen LogP contribution in [0.15, 0.2) is 24.3 Å². The largest absolute Gasteiger partial charge is 0.396 e. The fraction of sp³-hybridized carbons (Fsp3) is 0.462. The van der Waals surface area contributed by atoms with Crippen LogP contribution in [-0.2, 0) is 11.2 Å². The number of nitrogens with one attached hydrogen (secondary N) is 1. The monoisotopic (exact) mass is 239 g/mol. The lowest BCUT2D eigenvalue weighted by molar-refractivity contribution is -0.121. The van der Waals surface area contributed by atoms with Gasteiger partial charge in [-0.3, -0.25) is 4.79 Å². The van der Waals surface area contributed by atoms with E-state index < -0.39 is 0 Å². The number of hydrogen-bond acceptors (Lipinski definition) is 2. The van der Waals surface area contributed by atoms with Gasteiger partial charge in [-0.1, -0.05) is 26.0 Å². The molecule has 3 nitrogen and oxygen atoms in total. The summed E-state index contributed by atoms with van der Waals surface area (Å²) in [7, 11) is 0. The number of halogens is 1. The number of hydrogen-bond donors (Lipinski definition) is 2.